The van der Waals surface area contributed by atoms with Gasteiger partial charge < -0.3 is 4.74 Å². The molecule has 0 fully saturated rings. The number of aldehydes is 1. The van der Waals surface area contributed by atoms with Crippen molar-refractivity contribution in [3.05, 3.63) is 29.3 Å². The molecule has 0 aliphatic carbocycles. The van der Waals surface area contributed by atoms with Gasteiger partial charge in [-0.1, -0.05) is 11.6 Å². The highest BCUT2D eigenvalue weighted by Crippen LogP contribution is 2.36. The van der Waals surface area contributed by atoms with Gasteiger partial charge in [-0.05, 0) is 19.1 Å². The Morgan fingerprint density at radius 1 is 1.22 bits per heavy atom. The van der Waals surface area contributed by atoms with Gasteiger partial charge in [0.05, 0.1) is 5.56 Å². The smallest absolute Gasteiger partial charge is 0.456 e. The standard InChI is InChI=1S/C11H9F5O2/c1-7-2-3-9(8(4-7)5-17)18-6-10(12,13)11(14,15)16/h2-5H,6H2,1H3. The van der Waals surface area contributed by atoms with Crippen LogP contribution in [0.25, 0.3) is 0 Å². The third kappa shape index (κ3) is 3.18. The second kappa shape index (κ2) is 4.91. The summed E-state index contributed by atoms with van der Waals surface area (Å²) in [5.41, 5.74) is 0.583. The molecule has 2 nitrogen and oxygen atoms in total. The summed E-state index contributed by atoms with van der Waals surface area (Å²) in [6, 6.07) is 3.94. The topological polar surface area (TPSA) is 26.3 Å². The number of benzene rings is 1. The van der Waals surface area contributed by atoms with Crippen molar-refractivity contribution >= 4 is 6.29 Å². The molecule has 0 saturated carbocycles. The van der Waals surface area contributed by atoms with Crippen LogP contribution >= 0.6 is 0 Å². The molecule has 0 bridgehead atoms. The summed E-state index contributed by atoms with van der Waals surface area (Å²) in [7, 11) is 0. The molecule has 100 valence electrons. The molecule has 0 amide bonds. The van der Waals surface area contributed by atoms with Crippen LogP contribution in [0, 0.1) is 6.92 Å². The number of hydrogen-bond acceptors (Lipinski definition) is 2. The van der Waals surface area contributed by atoms with E-state index in [1.807, 2.05) is 0 Å². The van der Waals surface area contributed by atoms with Gasteiger partial charge in [-0.15, -0.1) is 0 Å². The first-order valence-corrected chi connectivity index (χ1v) is 4.80. The van der Waals surface area contributed by atoms with E-state index in [2.05, 4.69) is 4.74 Å². The van der Waals surface area contributed by atoms with E-state index in [0.717, 1.165) is 0 Å². The SMILES string of the molecule is Cc1ccc(OCC(F)(F)C(F)(F)F)c(C=O)c1. The first-order chi connectivity index (χ1) is 8.17. The predicted molar refractivity (Wildman–Crippen MR) is 53.1 cm³/mol. The molecule has 0 atom stereocenters. The lowest BCUT2D eigenvalue weighted by molar-refractivity contribution is -0.290. The first kappa shape index (κ1) is 14.4. The van der Waals surface area contributed by atoms with Crippen molar-refractivity contribution in [2.24, 2.45) is 0 Å². The molecule has 0 unspecified atom stereocenters. The van der Waals surface area contributed by atoms with Crippen LogP contribution in [-0.2, 0) is 0 Å². The van der Waals surface area contributed by atoms with E-state index in [9.17, 15) is 26.7 Å². The Morgan fingerprint density at radius 3 is 2.33 bits per heavy atom. The fraction of sp³-hybridized carbons (Fsp3) is 0.364. The van der Waals surface area contributed by atoms with Crippen molar-refractivity contribution in [1.29, 1.82) is 0 Å². The maximum atomic E-state index is 12.6. The normalized spacial score (nSPS) is 12.3. The minimum absolute atomic E-state index is 0.0759. The summed E-state index contributed by atoms with van der Waals surface area (Å²) < 4.78 is 65.2. The van der Waals surface area contributed by atoms with E-state index in [1.165, 1.54) is 18.2 Å². The third-order valence-corrected chi connectivity index (χ3v) is 2.12. The number of ether oxygens (including phenoxy) is 1. The maximum Gasteiger partial charge on any atom is 0.456 e. The van der Waals surface area contributed by atoms with Gasteiger partial charge in [0.15, 0.2) is 12.9 Å². The summed E-state index contributed by atoms with van der Waals surface area (Å²) >= 11 is 0. The monoisotopic (exact) mass is 268 g/mol. The lowest BCUT2D eigenvalue weighted by Gasteiger charge is -2.20. The van der Waals surface area contributed by atoms with Crippen molar-refractivity contribution in [2.45, 2.75) is 19.0 Å². The van der Waals surface area contributed by atoms with E-state index in [4.69, 9.17) is 0 Å². The molecule has 0 aliphatic rings. The quantitative estimate of drug-likeness (QED) is 0.618. The fourth-order valence-electron chi connectivity index (χ4n) is 1.14. The van der Waals surface area contributed by atoms with Gasteiger partial charge in [-0.3, -0.25) is 4.79 Å². The zero-order valence-electron chi connectivity index (χ0n) is 9.22. The van der Waals surface area contributed by atoms with Crippen LogP contribution in [0.1, 0.15) is 15.9 Å². The zero-order valence-corrected chi connectivity index (χ0v) is 9.22. The molecule has 1 aromatic rings. The average molecular weight is 268 g/mol. The van der Waals surface area contributed by atoms with E-state index < -0.39 is 18.7 Å². The second-order valence-electron chi connectivity index (χ2n) is 3.65. The second-order valence-corrected chi connectivity index (χ2v) is 3.65. The molecule has 18 heavy (non-hydrogen) atoms. The Balaban J connectivity index is 2.84. The molecular weight excluding hydrogens is 259 g/mol. The summed E-state index contributed by atoms with van der Waals surface area (Å²) in [6.45, 7) is -0.221. The molecule has 0 saturated heterocycles. The van der Waals surface area contributed by atoms with E-state index in [-0.39, 0.29) is 11.3 Å². The number of alkyl halides is 5. The summed E-state index contributed by atoms with van der Waals surface area (Å²) in [4.78, 5) is 10.6. The minimum atomic E-state index is -5.68. The van der Waals surface area contributed by atoms with Crippen molar-refractivity contribution in [3.8, 4) is 5.75 Å². The van der Waals surface area contributed by atoms with Gasteiger partial charge in [0.2, 0.25) is 0 Å². The highest BCUT2D eigenvalue weighted by Gasteiger charge is 2.58. The molecule has 0 aromatic heterocycles. The summed E-state index contributed by atoms with van der Waals surface area (Å²) in [6.07, 6.45) is -5.35. The van der Waals surface area contributed by atoms with Crippen LogP contribution in [0.2, 0.25) is 0 Å². The van der Waals surface area contributed by atoms with Crippen LogP contribution in [0.3, 0.4) is 0 Å². The van der Waals surface area contributed by atoms with Crippen LogP contribution < -0.4 is 4.74 Å². The van der Waals surface area contributed by atoms with Crippen molar-refractivity contribution in [3.63, 3.8) is 0 Å². The highest BCUT2D eigenvalue weighted by molar-refractivity contribution is 5.79. The molecule has 0 N–H and O–H groups in total. The molecule has 7 heteroatoms. The summed E-state index contributed by atoms with van der Waals surface area (Å²) in [5.74, 6) is -5.27. The predicted octanol–water partition coefficient (Wildman–Crippen LogP) is 3.38. The zero-order chi connectivity index (χ0) is 14.0. The number of aryl methyl sites for hydroxylation is 1. The largest absolute Gasteiger partial charge is 0.486 e. The molecule has 0 aliphatic heterocycles. The fourth-order valence-corrected chi connectivity index (χ4v) is 1.14. The molecule has 1 rings (SSSR count). The lowest BCUT2D eigenvalue weighted by Crippen LogP contribution is -2.41. The van der Waals surface area contributed by atoms with Gasteiger partial charge in [-0.2, -0.15) is 22.0 Å². The Bertz CT molecular complexity index is 440. The van der Waals surface area contributed by atoms with E-state index in [0.29, 0.717) is 11.8 Å². The number of carbonyl (C=O) groups is 1. The van der Waals surface area contributed by atoms with Gasteiger partial charge >= 0.3 is 12.1 Å². The number of rotatable bonds is 4. The first-order valence-electron chi connectivity index (χ1n) is 4.80. The van der Waals surface area contributed by atoms with Crippen molar-refractivity contribution in [2.75, 3.05) is 6.61 Å². The van der Waals surface area contributed by atoms with Crippen molar-refractivity contribution in [1.82, 2.24) is 0 Å². The Hall–Kier alpha value is -1.66. The minimum Gasteiger partial charge on any atom is -0.486 e. The maximum absolute atomic E-state index is 12.6. The van der Waals surface area contributed by atoms with Crippen LogP contribution in [0.5, 0.6) is 5.75 Å². The third-order valence-electron chi connectivity index (χ3n) is 2.12. The molecule has 0 heterocycles. The van der Waals surface area contributed by atoms with Crippen LogP contribution in [-0.4, -0.2) is 25.0 Å². The number of halogens is 5. The van der Waals surface area contributed by atoms with Gasteiger partial charge in [0.1, 0.15) is 5.75 Å². The molecule has 0 spiro atoms. The van der Waals surface area contributed by atoms with Crippen LogP contribution in [0.4, 0.5) is 22.0 Å². The van der Waals surface area contributed by atoms with Gasteiger partial charge in [0.25, 0.3) is 0 Å². The number of hydrogen-bond donors (Lipinski definition) is 0. The Labute approximate surface area is 99.4 Å². The Kier molecular flexibility index (Phi) is 3.93. The van der Waals surface area contributed by atoms with Crippen LogP contribution in [0.15, 0.2) is 18.2 Å². The van der Waals surface area contributed by atoms with Gasteiger partial charge in [0, 0.05) is 0 Å². The highest BCUT2D eigenvalue weighted by atomic mass is 19.4. The van der Waals surface area contributed by atoms with E-state index in [1.54, 1.807) is 6.92 Å². The lowest BCUT2D eigenvalue weighted by atomic mass is 10.1. The van der Waals surface area contributed by atoms with E-state index >= 15 is 0 Å². The van der Waals surface area contributed by atoms with Crippen molar-refractivity contribution < 1.29 is 31.5 Å². The number of carbonyl (C=O) groups excluding carboxylic acids is 1. The average Bonchev–Trinajstić information content (AvgIpc) is 2.25. The Morgan fingerprint density at radius 2 is 1.83 bits per heavy atom. The molecular formula is C11H9F5O2. The molecule has 1 aromatic carbocycles. The summed E-state index contributed by atoms with van der Waals surface area (Å²) in [5, 5.41) is 0. The van der Waals surface area contributed by atoms with Gasteiger partial charge in [-0.25, -0.2) is 0 Å². The molecule has 0 radical (unpaired) electrons.